The number of anilines is 1. The fourth-order valence-electron chi connectivity index (χ4n) is 1.88. The molecule has 0 amide bonds. The van der Waals surface area contributed by atoms with Crippen molar-refractivity contribution in [3.05, 3.63) is 58.1 Å². The topological polar surface area (TPSA) is 46.9 Å². The van der Waals surface area contributed by atoms with E-state index in [0.29, 0.717) is 18.2 Å². The molecule has 0 unspecified atom stereocenters. The average Bonchev–Trinajstić information content (AvgIpc) is 2.46. The van der Waals surface area contributed by atoms with Crippen LogP contribution in [0.2, 0.25) is 0 Å². The minimum atomic E-state index is -0.0973. The summed E-state index contributed by atoms with van der Waals surface area (Å²) in [4.78, 5) is 16.3. The van der Waals surface area contributed by atoms with Crippen LogP contribution in [0.1, 0.15) is 31.0 Å². The summed E-state index contributed by atoms with van der Waals surface area (Å²) in [6.07, 6.45) is 3.34. The van der Waals surface area contributed by atoms with E-state index in [4.69, 9.17) is 11.6 Å². The second-order valence-electron chi connectivity index (χ2n) is 4.89. The van der Waals surface area contributed by atoms with Crippen molar-refractivity contribution in [3.63, 3.8) is 0 Å². The molecule has 0 radical (unpaired) electrons. The molecule has 20 heavy (non-hydrogen) atoms. The van der Waals surface area contributed by atoms with Crippen LogP contribution in [0, 0.1) is 0 Å². The molecule has 5 heteroatoms. The fraction of sp³-hybridized carbons (Fsp3) is 0.333. The number of nitrogens with zero attached hydrogens (tertiary/aromatic N) is 2. The first kappa shape index (κ1) is 14.6. The largest absolute Gasteiger partial charge is 0.361 e. The summed E-state index contributed by atoms with van der Waals surface area (Å²) < 4.78 is 1.66. The molecule has 4 nitrogen and oxygen atoms in total. The molecule has 1 N–H and O–H groups in total. The van der Waals surface area contributed by atoms with Gasteiger partial charge in [0.25, 0.3) is 5.56 Å². The van der Waals surface area contributed by atoms with E-state index in [1.165, 1.54) is 0 Å². The second kappa shape index (κ2) is 6.57. The van der Waals surface area contributed by atoms with Crippen molar-refractivity contribution < 1.29 is 0 Å². The van der Waals surface area contributed by atoms with Crippen LogP contribution in [0.5, 0.6) is 0 Å². The number of aromatic nitrogens is 2. The van der Waals surface area contributed by atoms with Gasteiger partial charge < -0.3 is 9.88 Å². The van der Waals surface area contributed by atoms with Crippen molar-refractivity contribution in [1.82, 2.24) is 9.55 Å². The smallest absolute Gasteiger partial charge is 0.293 e. The summed E-state index contributed by atoms with van der Waals surface area (Å²) in [5.74, 6) is 0.884. The number of hydrogen-bond acceptors (Lipinski definition) is 3. The molecule has 0 aliphatic rings. The Kier molecular flexibility index (Phi) is 4.79. The van der Waals surface area contributed by atoms with Gasteiger partial charge in [0, 0.05) is 30.9 Å². The average molecular weight is 292 g/mol. The van der Waals surface area contributed by atoms with E-state index in [0.717, 1.165) is 11.1 Å². The van der Waals surface area contributed by atoms with Crippen LogP contribution in [-0.2, 0) is 12.4 Å². The van der Waals surface area contributed by atoms with Gasteiger partial charge in [0.1, 0.15) is 0 Å². The van der Waals surface area contributed by atoms with Gasteiger partial charge in [-0.3, -0.25) is 4.79 Å². The molecular formula is C15H18ClN3O. The lowest BCUT2D eigenvalue weighted by Crippen LogP contribution is -2.25. The lowest BCUT2D eigenvalue weighted by Gasteiger charge is -2.11. The van der Waals surface area contributed by atoms with Gasteiger partial charge in [-0.1, -0.05) is 24.3 Å². The fourth-order valence-corrected chi connectivity index (χ4v) is 2.06. The highest BCUT2D eigenvalue weighted by Crippen LogP contribution is 2.08. The summed E-state index contributed by atoms with van der Waals surface area (Å²) >= 11 is 5.75. The summed E-state index contributed by atoms with van der Waals surface area (Å²) in [5, 5.41) is 3.08. The van der Waals surface area contributed by atoms with Crippen LogP contribution < -0.4 is 10.9 Å². The zero-order valence-electron chi connectivity index (χ0n) is 11.6. The molecule has 0 aliphatic carbocycles. The van der Waals surface area contributed by atoms with Crippen LogP contribution in [-0.4, -0.2) is 9.55 Å². The Hall–Kier alpha value is -1.81. The number of halogens is 1. The Bertz CT molecular complexity index is 620. The van der Waals surface area contributed by atoms with Crippen LogP contribution in [0.25, 0.3) is 0 Å². The minimum Gasteiger partial charge on any atom is -0.361 e. The molecule has 0 aliphatic heterocycles. The lowest BCUT2D eigenvalue weighted by molar-refractivity contribution is 0.575. The van der Waals surface area contributed by atoms with Crippen LogP contribution in [0.3, 0.4) is 0 Å². The normalized spacial score (nSPS) is 10.8. The molecule has 2 rings (SSSR count). The SMILES string of the molecule is CC(C)n1ccnc(NCc2ccc(CCl)cc2)c1=O. The highest BCUT2D eigenvalue weighted by atomic mass is 35.5. The van der Waals surface area contributed by atoms with Crippen molar-refractivity contribution in [2.24, 2.45) is 0 Å². The van der Waals surface area contributed by atoms with Crippen molar-refractivity contribution in [1.29, 1.82) is 0 Å². The number of alkyl halides is 1. The van der Waals surface area contributed by atoms with Gasteiger partial charge in [0.05, 0.1) is 0 Å². The molecule has 2 aromatic rings. The van der Waals surface area contributed by atoms with Crippen molar-refractivity contribution in [2.45, 2.75) is 32.3 Å². The van der Waals surface area contributed by atoms with Crippen molar-refractivity contribution in [3.8, 4) is 0 Å². The van der Waals surface area contributed by atoms with Crippen molar-refractivity contribution >= 4 is 17.4 Å². The van der Waals surface area contributed by atoms with Crippen LogP contribution >= 0.6 is 11.6 Å². The predicted octanol–water partition coefficient (Wildman–Crippen LogP) is 3.18. The van der Waals surface area contributed by atoms with E-state index in [2.05, 4.69) is 10.3 Å². The first-order valence-corrected chi connectivity index (χ1v) is 7.10. The Morgan fingerprint density at radius 1 is 1.25 bits per heavy atom. The predicted molar refractivity (Wildman–Crippen MR) is 82.2 cm³/mol. The molecule has 0 fully saturated rings. The highest BCUT2D eigenvalue weighted by molar-refractivity contribution is 6.17. The van der Waals surface area contributed by atoms with E-state index in [1.54, 1.807) is 17.0 Å². The maximum Gasteiger partial charge on any atom is 0.293 e. The minimum absolute atomic E-state index is 0.0973. The van der Waals surface area contributed by atoms with E-state index >= 15 is 0 Å². The van der Waals surface area contributed by atoms with Crippen LogP contribution in [0.4, 0.5) is 5.82 Å². The quantitative estimate of drug-likeness (QED) is 0.861. The first-order valence-electron chi connectivity index (χ1n) is 6.56. The number of benzene rings is 1. The molecule has 106 valence electrons. The third kappa shape index (κ3) is 3.39. The first-order chi connectivity index (χ1) is 9.61. The zero-order chi connectivity index (χ0) is 14.5. The van der Waals surface area contributed by atoms with Gasteiger partial charge in [-0.2, -0.15) is 0 Å². The van der Waals surface area contributed by atoms with E-state index in [9.17, 15) is 4.79 Å². The zero-order valence-corrected chi connectivity index (χ0v) is 12.4. The van der Waals surface area contributed by atoms with E-state index in [-0.39, 0.29) is 11.6 Å². The summed E-state index contributed by atoms with van der Waals surface area (Å²) in [5.41, 5.74) is 2.07. The van der Waals surface area contributed by atoms with Gasteiger partial charge in [0.15, 0.2) is 5.82 Å². The van der Waals surface area contributed by atoms with Gasteiger partial charge in [0.2, 0.25) is 0 Å². The third-order valence-electron chi connectivity index (χ3n) is 3.06. The van der Waals surface area contributed by atoms with Gasteiger partial charge in [-0.15, -0.1) is 11.6 Å². The molecule has 0 saturated carbocycles. The standard InChI is InChI=1S/C15H18ClN3O/c1-11(2)19-8-7-17-14(15(19)20)18-10-13-5-3-12(9-16)4-6-13/h3-8,11H,9-10H2,1-2H3,(H,17,18). The monoisotopic (exact) mass is 291 g/mol. The Labute approximate surface area is 123 Å². The molecule has 0 bridgehead atoms. The number of rotatable bonds is 5. The summed E-state index contributed by atoms with van der Waals surface area (Å²) in [6, 6.07) is 8.07. The molecule has 1 aromatic heterocycles. The maximum atomic E-state index is 12.2. The molecule has 1 heterocycles. The number of hydrogen-bond donors (Lipinski definition) is 1. The molecular weight excluding hydrogens is 274 g/mol. The summed E-state index contributed by atoms with van der Waals surface area (Å²) in [7, 11) is 0. The third-order valence-corrected chi connectivity index (χ3v) is 3.37. The lowest BCUT2D eigenvalue weighted by atomic mass is 10.1. The summed E-state index contributed by atoms with van der Waals surface area (Å²) in [6.45, 7) is 4.50. The van der Waals surface area contributed by atoms with Gasteiger partial charge in [-0.25, -0.2) is 4.98 Å². The van der Waals surface area contributed by atoms with E-state index < -0.39 is 0 Å². The second-order valence-corrected chi connectivity index (χ2v) is 5.15. The van der Waals surface area contributed by atoms with Crippen LogP contribution in [0.15, 0.2) is 41.5 Å². The van der Waals surface area contributed by atoms with Gasteiger partial charge >= 0.3 is 0 Å². The molecule has 0 atom stereocenters. The Balaban J connectivity index is 2.10. The van der Waals surface area contributed by atoms with Gasteiger partial charge in [-0.05, 0) is 25.0 Å². The maximum absolute atomic E-state index is 12.2. The van der Waals surface area contributed by atoms with Crippen molar-refractivity contribution in [2.75, 3.05) is 5.32 Å². The molecule has 1 aromatic carbocycles. The Morgan fingerprint density at radius 3 is 2.50 bits per heavy atom. The molecule has 0 spiro atoms. The highest BCUT2D eigenvalue weighted by Gasteiger charge is 2.06. The number of nitrogens with one attached hydrogen (secondary N) is 1. The molecule has 0 saturated heterocycles. The Morgan fingerprint density at radius 2 is 1.90 bits per heavy atom. The van der Waals surface area contributed by atoms with E-state index in [1.807, 2.05) is 38.1 Å².